The topological polar surface area (TPSA) is 29.9 Å². The molecular weight excluding hydrogens is 272 g/mol. The van der Waals surface area contributed by atoms with Crippen LogP contribution in [0.1, 0.15) is 15.2 Å². The number of fused-ring (bicyclic) bond motifs is 3. The van der Waals surface area contributed by atoms with Crippen LogP contribution in [0.3, 0.4) is 0 Å². The highest BCUT2D eigenvalue weighted by Gasteiger charge is 2.20. The van der Waals surface area contributed by atoms with Crippen molar-refractivity contribution in [1.82, 2.24) is 4.98 Å². The molecule has 0 aliphatic rings. The van der Waals surface area contributed by atoms with Crippen molar-refractivity contribution in [3.8, 4) is 11.3 Å². The Balaban J connectivity index is 2.06. The molecule has 0 bridgehead atoms. The summed E-state index contributed by atoms with van der Waals surface area (Å²) >= 11 is 0. The zero-order valence-corrected chi connectivity index (χ0v) is 12.4. The van der Waals surface area contributed by atoms with Gasteiger partial charge in [-0.25, -0.2) is 4.57 Å². The molecule has 0 radical (unpaired) electrons. The number of aromatic nitrogens is 2. The van der Waals surface area contributed by atoms with Crippen LogP contribution in [0, 0.1) is 13.8 Å². The highest BCUT2D eigenvalue weighted by molar-refractivity contribution is 6.10. The summed E-state index contributed by atoms with van der Waals surface area (Å²) < 4.78 is 30.6. The first-order valence-corrected chi connectivity index (χ1v) is 7.13. The molecule has 108 valence electrons. The Kier molecular flexibility index (Phi) is 2.15. The van der Waals surface area contributed by atoms with E-state index >= 15 is 0 Å². The molecule has 0 amide bonds. The predicted octanol–water partition coefficient (Wildman–Crippen LogP) is 4.09. The third-order valence-electron chi connectivity index (χ3n) is 3.99. The zero-order chi connectivity index (χ0) is 17.8. The maximum atomic E-state index is 7.60. The van der Waals surface area contributed by atoms with E-state index < -0.39 is 6.85 Å². The van der Waals surface area contributed by atoms with E-state index in [4.69, 9.17) is 8.53 Å². The molecule has 0 saturated heterocycles. The van der Waals surface area contributed by atoms with Gasteiger partial charge in [0.25, 0.3) is 0 Å². The number of furan rings is 1. The van der Waals surface area contributed by atoms with Gasteiger partial charge in [-0.3, -0.25) is 4.98 Å². The van der Waals surface area contributed by atoms with Crippen molar-refractivity contribution in [3.63, 3.8) is 0 Å². The molecule has 0 aliphatic carbocycles. The highest BCUT2D eigenvalue weighted by Crippen LogP contribution is 2.36. The molecule has 0 atom stereocenters. The first-order chi connectivity index (χ1) is 11.9. The zero-order valence-electron chi connectivity index (χ0n) is 15.4. The largest absolute Gasteiger partial charge is 0.454 e. The van der Waals surface area contributed by atoms with E-state index in [2.05, 4.69) is 4.98 Å². The third-order valence-corrected chi connectivity index (χ3v) is 3.99. The Morgan fingerprint density at radius 1 is 1.14 bits per heavy atom. The lowest BCUT2D eigenvalue weighted by Crippen LogP contribution is -2.31. The van der Waals surface area contributed by atoms with Gasteiger partial charge in [-0.2, -0.15) is 0 Å². The lowest BCUT2D eigenvalue weighted by atomic mass is 9.99. The average molecular weight is 292 g/mol. The highest BCUT2D eigenvalue weighted by atomic mass is 16.3. The summed E-state index contributed by atoms with van der Waals surface area (Å²) in [4.78, 5) is 4.49. The minimum Gasteiger partial charge on any atom is -0.454 e. The standard InChI is InChI=1S/C19H17N2O/c1-12-6-8-14(21(3)11-12)17-13(2)7-9-15-18(17)19-16(22-15)5-4-10-20-19/h4-11H,1-3H3/q+1/i1D3. The van der Waals surface area contributed by atoms with Crippen molar-refractivity contribution in [2.45, 2.75) is 13.8 Å². The quantitative estimate of drug-likeness (QED) is 0.495. The van der Waals surface area contributed by atoms with Crippen molar-refractivity contribution >= 4 is 22.1 Å². The fourth-order valence-electron chi connectivity index (χ4n) is 2.98. The molecule has 0 spiro atoms. The minimum absolute atomic E-state index is 0.318. The van der Waals surface area contributed by atoms with E-state index in [0.717, 1.165) is 38.9 Å². The summed E-state index contributed by atoms with van der Waals surface area (Å²) in [6, 6.07) is 11.2. The fraction of sp³-hybridized carbons (Fsp3) is 0.158. The van der Waals surface area contributed by atoms with Crippen molar-refractivity contribution in [3.05, 3.63) is 59.9 Å². The monoisotopic (exact) mass is 292 g/mol. The number of pyridine rings is 2. The van der Waals surface area contributed by atoms with Gasteiger partial charge in [0.2, 0.25) is 5.69 Å². The van der Waals surface area contributed by atoms with Crippen LogP contribution < -0.4 is 4.57 Å². The smallest absolute Gasteiger partial charge is 0.213 e. The summed E-state index contributed by atoms with van der Waals surface area (Å²) in [7, 11) is 1.86. The van der Waals surface area contributed by atoms with Crippen LogP contribution in [0.15, 0.2) is 53.2 Å². The van der Waals surface area contributed by atoms with Gasteiger partial charge in [-0.1, -0.05) is 6.07 Å². The Hall–Kier alpha value is -2.68. The summed E-state index contributed by atoms with van der Waals surface area (Å²) in [5.74, 6) is 0. The van der Waals surface area contributed by atoms with E-state index in [9.17, 15) is 0 Å². The van der Waals surface area contributed by atoms with Crippen molar-refractivity contribution in [2.24, 2.45) is 7.05 Å². The van der Waals surface area contributed by atoms with Crippen LogP contribution in [0.25, 0.3) is 33.3 Å². The van der Waals surface area contributed by atoms with E-state index in [1.807, 2.05) is 48.9 Å². The maximum Gasteiger partial charge on any atom is 0.213 e. The van der Waals surface area contributed by atoms with Gasteiger partial charge in [0.15, 0.2) is 11.8 Å². The molecule has 0 aliphatic heterocycles. The second-order valence-electron chi connectivity index (χ2n) is 5.50. The van der Waals surface area contributed by atoms with Gasteiger partial charge in [0.1, 0.15) is 18.1 Å². The molecule has 4 rings (SSSR count). The molecule has 3 heteroatoms. The van der Waals surface area contributed by atoms with Gasteiger partial charge in [-0.05, 0) is 43.6 Å². The molecule has 1 aromatic carbocycles. The van der Waals surface area contributed by atoms with E-state index in [-0.39, 0.29) is 0 Å². The number of aryl methyl sites for hydroxylation is 3. The Morgan fingerprint density at radius 2 is 2.05 bits per heavy atom. The van der Waals surface area contributed by atoms with Crippen LogP contribution in [-0.2, 0) is 7.05 Å². The fourth-order valence-corrected chi connectivity index (χ4v) is 2.98. The van der Waals surface area contributed by atoms with Crippen molar-refractivity contribution in [2.75, 3.05) is 0 Å². The maximum absolute atomic E-state index is 7.60. The number of benzene rings is 1. The number of nitrogens with zero attached hydrogens (tertiary/aromatic N) is 2. The number of rotatable bonds is 1. The van der Waals surface area contributed by atoms with Crippen LogP contribution >= 0.6 is 0 Å². The SMILES string of the molecule is [2H]C([2H])([2H])c1ccc(-c2c(C)ccc3oc4cccnc4c23)[n+](C)c1. The normalized spacial score (nSPS) is 14.0. The van der Waals surface area contributed by atoms with E-state index in [1.165, 1.54) is 0 Å². The van der Waals surface area contributed by atoms with E-state index in [0.29, 0.717) is 5.56 Å². The molecule has 3 heterocycles. The van der Waals surface area contributed by atoms with Gasteiger partial charge in [0, 0.05) is 21.9 Å². The number of hydrogen-bond donors (Lipinski definition) is 0. The van der Waals surface area contributed by atoms with Crippen molar-refractivity contribution in [1.29, 1.82) is 0 Å². The Morgan fingerprint density at radius 3 is 2.86 bits per heavy atom. The summed E-state index contributed by atoms with van der Waals surface area (Å²) in [5, 5.41) is 0.952. The third kappa shape index (κ3) is 1.82. The molecular formula is C19H17N2O+. The summed E-state index contributed by atoms with van der Waals surface area (Å²) in [6.07, 6.45) is 3.41. The van der Waals surface area contributed by atoms with Gasteiger partial charge < -0.3 is 4.42 Å². The molecule has 22 heavy (non-hydrogen) atoms. The lowest BCUT2D eigenvalue weighted by Gasteiger charge is -2.06. The van der Waals surface area contributed by atoms with Crippen LogP contribution in [-0.4, -0.2) is 4.98 Å². The summed E-state index contributed by atoms with van der Waals surface area (Å²) in [5.41, 5.74) is 5.66. The molecule has 0 unspecified atom stereocenters. The van der Waals surface area contributed by atoms with Gasteiger partial charge in [-0.15, -0.1) is 0 Å². The average Bonchev–Trinajstić information content (AvgIpc) is 2.93. The lowest BCUT2D eigenvalue weighted by molar-refractivity contribution is -0.660. The second-order valence-corrected chi connectivity index (χ2v) is 5.50. The molecule has 3 nitrogen and oxygen atoms in total. The molecule has 3 aromatic heterocycles. The van der Waals surface area contributed by atoms with Crippen LogP contribution in [0.4, 0.5) is 0 Å². The molecule has 0 fully saturated rings. The Bertz CT molecular complexity index is 1110. The number of hydrogen-bond acceptors (Lipinski definition) is 2. The molecule has 4 aromatic rings. The van der Waals surface area contributed by atoms with Crippen LogP contribution in [0.5, 0.6) is 0 Å². The van der Waals surface area contributed by atoms with Gasteiger partial charge >= 0.3 is 0 Å². The summed E-state index contributed by atoms with van der Waals surface area (Å²) in [6.45, 7) is -0.0878. The Labute approximate surface area is 133 Å². The predicted molar refractivity (Wildman–Crippen MR) is 87.6 cm³/mol. The molecule has 0 N–H and O–H groups in total. The molecule has 0 saturated carbocycles. The van der Waals surface area contributed by atoms with Crippen molar-refractivity contribution < 1.29 is 13.1 Å². The minimum atomic E-state index is -2.12. The van der Waals surface area contributed by atoms with Gasteiger partial charge in [0.05, 0.1) is 10.9 Å². The second kappa shape index (κ2) is 4.67. The first kappa shape index (κ1) is 10.1. The van der Waals surface area contributed by atoms with Crippen LogP contribution in [0.2, 0.25) is 0 Å². The first-order valence-electron chi connectivity index (χ1n) is 8.63. The van der Waals surface area contributed by atoms with E-state index in [1.54, 1.807) is 18.5 Å².